The molecule has 1 amide bonds. The Morgan fingerprint density at radius 3 is 2.48 bits per heavy atom. The smallest absolute Gasteiger partial charge is 0.279 e. The molecule has 1 heterocycles. The van der Waals surface area contributed by atoms with Crippen LogP contribution in [0.25, 0.3) is 0 Å². The van der Waals surface area contributed by atoms with Gasteiger partial charge in [-0.3, -0.25) is 4.79 Å². The van der Waals surface area contributed by atoms with E-state index >= 15 is 0 Å². The van der Waals surface area contributed by atoms with Gasteiger partial charge in [0.05, 0.1) is 5.25 Å². The number of amidine groups is 1. The SMILES string of the molecule is Cc1ccc(C(=O)N=C2S[C@@H](c3ccccc3)CN2CC(C)C)cc1. The van der Waals surface area contributed by atoms with Crippen molar-refractivity contribution in [3.8, 4) is 0 Å². The van der Waals surface area contributed by atoms with Gasteiger partial charge >= 0.3 is 0 Å². The molecule has 1 atom stereocenters. The summed E-state index contributed by atoms with van der Waals surface area (Å²) in [5.74, 6) is 0.361. The number of hydrogen-bond acceptors (Lipinski definition) is 2. The predicted octanol–water partition coefficient (Wildman–Crippen LogP) is 4.94. The maximum Gasteiger partial charge on any atom is 0.279 e. The fourth-order valence-corrected chi connectivity index (χ4v) is 4.13. The molecule has 0 radical (unpaired) electrons. The second-order valence-electron chi connectivity index (χ2n) is 6.88. The van der Waals surface area contributed by atoms with Gasteiger partial charge in [0.15, 0.2) is 5.17 Å². The van der Waals surface area contributed by atoms with E-state index in [0.29, 0.717) is 16.7 Å². The molecule has 0 unspecified atom stereocenters. The van der Waals surface area contributed by atoms with E-state index in [2.05, 4.69) is 48.0 Å². The number of thioether (sulfide) groups is 1. The topological polar surface area (TPSA) is 32.7 Å². The summed E-state index contributed by atoms with van der Waals surface area (Å²) in [4.78, 5) is 19.3. The summed E-state index contributed by atoms with van der Waals surface area (Å²) in [5, 5.41) is 1.16. The molecule has 130 valence electrons. The van der Waals surface area contributed by atoms with Crippen LogP contribution in [-0.2, 0) is 0 Å². The van der Waals surface area contributed by atoms with Gasteiger partial charge < -0.3 is 4.90 Å². The Kier molecular flexibility index (Phi) is 5.59. The Morgan fingerprint density at radius 2 is 1.84 bits per heavy atom. The minimum absolute atomic E-state index is 0.162. The molecule has 1 aliphatic heterocycles. The van der Waals surface area contributed by atoms with E-state index in [1.165, 1.54) is 5.56 Å². The van der Waals surface area contributed by atoms with Crippen molar-refractivity contribution in [1.82, 2.24) is 4.90 Å². The van der Waals surface area contributed by atoms with Crippen molar-refractivity contribution in [2.75, 3.05) is 13.1 Å². The van der Waals surface area contributed by atoms with Gasteiger partial charge in [-0.05, 0) is 30.5 Å². The Labute approximate surface area is 154 Å². The summed E-state index contributed by atoms with van der Waals surface area (Å²) >= 11 is 1.70. The maximum absolute atomic E-state index is 12.6. The lowest BCUT2D eigenvalue weighted by Gasteiger charge is -2.20. The van der Waals surface area contributed by atoms with Gasteiger partial charge in [-0.15, -0.1) is 0 Å². The molecular formula is C21H24N2OS. The van der Waals surface area contributed by atoms with Gasteiger partial charge in [-0.1, -0.05) is 73.6 Å². The van der Waals surface area contributed by atoms with Crippen molar-refractivity contribution in [2.45, 2.75) is 26.0 Å². The molecule has 25 heavy (non-hydrogen) atoms. The highest BCUT2D eigenvalue weighted by molar-refractivity contribution is 8.14. The zero-order valence-corrected chi connectivity index (χ0v) is 15.8. The van der Waals surface area contributed by atoms with Crippen LogP contribution in [0.2, 0.25) is 0 Å². The van der Waals surface area contributed by atoms with Crippen LogP contribution in [-0.4, -0.2) is 29.1 Å². The third kappa shape index (κ3) is 4.51. The Balaban J connectivity index is 1.83. The molecule has 3 nitrogen and oxygen atoms in total. The van der Waals surface area contributed by atoms with Crippen LogP contribution < -0.4 is 0 Å². The first kappa shape index (κ1) is 17.7. The van der Waals surface area contributed by atoms with Gasteiger partial charge in [0, 0.05) is 18.7 Å². The first-order chi connectivity index (χ1) is 12.0. The molecular weight excluding hydrogens is 328 g/mol. The molecule has 4 heteroatoms. The molecule has 2 aromatic carbocycles. The number of rotatable bonds is 4. The minimum atomic E-state index is -0.162. The van der Waals surface area contributed by atoms with Gasteiger partial charge in [0.2, 0.25) is 0 Å². The molecule has 0 bridgehead atoms. The number of nitrogens with zero attached hydrogens (tertiary/aromatic N) is 2. The van der Waals surface area contributed by atoms with Crippen molar-refractivity contribution in [2.24, 2.45) is 10.9 Å². The quantitative estimate of drug-likeness (QED) is 0.781. The van der Waals surface area contributed by atoms with E-state index in [1.54, 1.807) is 11.8 Å². The van der Waals surface area contributed by atoms with Gasteiger partial charge in [0.25, 0.3) is 5.91 Å². The number of amides is 1. The lowest BCUT2D eigenvalue weighted by Crippen LogP contribution is -2.29. The first-order valence-corrected chi connectivity index (χ1v) is 9.57. The molecule has 0 spiro atoms. The molecule has 1 aliphatic rings. The van der Waals surface area contributed by atoms with E-state index in [0.717, 1.165) is 23.8 Å². The molecule has 2 aromatic rings. The normalized spacial score (nSPS) is 19.0. The number of aryl methyl sites for hydroxylation is 1. The largest absolute Gasteiger partial charge is 0.349 e. The van der Waals surface area contributed by atoms with Crippen molar-refractivity contribution >= 4 is 22.8 Å². The van der Waals surface area contributed by atoms with E-state index in [9.17, 15) is 4.79 Å². The highest BCUT2D eigenvalue weighted by Gasteiger charge is 2.31. The molecule has 1 saturated heterocycles. The zero-order valence-electron chi connectivity index (χ0n) is 15.0. The fourth-order valence-electron chi connectivity index (χ4n) is 2.90. The number of hydrogen-bond donors (Lipinski definition) is 0. The second kappa shape index (κ2) is 7.87. The highest BCUT2D eigenvalue weighted by atomic mass is 32.2. The number of carbonyl (C=O) groups is 1. The van der Waals surface area contributed by atoms with Gasteiger partial charge in [0.1, 0.15) is 0 Å². The van der Waals surface area contributed by atoms with E-state index < -0.39 is 0 Å². The molecule has 0 N–H and O–H groups in total. The summed E-state index contributed by atoms with van der Waals surface area (Å²) in [6.45, 7) is 8.21. The molecule has 0 aliphatic carbocycles. The minimum Gasteiger partial charge on any atom is -0.349 e. The predicted molar refractivity (Wildman–Crippen MR) is 106 cm³/mol. The van der Waals surface area contributed by atoms with Crippen molar-refractivity contribution in [3.63, 3.8) is 0 Å². The summed E-state index contributed by atoms with van der Waals surface area (Å²) in [5.41, 5.74) is 3.07. The van der Waals surface area contributed by atoms with E-state index in [4.69, 9.17) is 0 Å². The van der Waals surface area contributed by atoms with Crippen molar-refractivity contribution in [1.29, 1.82) is 0 Å². The highest BCUT2D eigenvalue weighted by Crippen LogP contribution is 2.38. The monoisotopic (exact) mass is 352 g/mol. The van der Waals surface area contributed by atoms with Crippen LogP contribution in [0.4, 0.5) is 0 Å². The van der Waals surface area contributed by atoms with Crippen LogP contribution >= 0.6 is 11.8 Å². The Bertz CT molecular complexity index is 753. The Morgan fingerprint density at radius 1 is 1.16 bits per heavy atom. The van der Waals surface area contributed by atoms with Gasteiger partial charge in [-0.2, -0.15) is 4.99 Å². The average Bonchev–Trinajstić information content (AvgIpc) is 2.98. The third-order valence-corrected chi connectivity index (χ3v) is 5.42. The Hall–Kier alpha value is -2.07. The summed E-state index contributed by atoms with van der Waals surface area (Å²) < 4.78 is 0. The van der Waals surface area contributed by atoms with E-state index in [-0.39, 0.29) is 5.91 Å². The van der Waals surface area contributed by atoms with Crippen LogP contribution in [0.5, 0.6) is 0 Å². The molecule has 1 fully saturated rings. The standard InChI is InChI=1S/C21H24N2OS/c1-15(2)13-23-14-19(17-7-5-4-6-8-17)25-21(23)22-20(24)18-11-9-16(3)10-12-18/h4-12,15,19H,13-14H2,1-3H3/t19-/m1/s1. The molecule has 0 saturated carbocycles. The summed E-state index contributed by atoms with van der Waals surface area (Å²) in [7, 11) is 0. The van der Waals surface area contributed by atoms with Crippen molar-refractivity contribution in [3.05, 3.63) is 71.3 Å². The lowest BCUT2D eigenvalue weighted by atomic mass is 10.1. The number of benzene rings is 2. The van der Waals surface area contributed by atoms with E-state index in [1.807, 2.05) is 37.3 Å². The van der Waals surface area contributed by atoms with Crippen LogP contribution in [0.15, 0.2) is 59.6 Å². The first-order valence-electron chi connectivity index (χ1n) is 8.69. The lowest BCUT2D eigenvalue weighted by molar-refractivity contribution is 0.100. The van der Waals surface area contributed by atoms with Gasteiger partial charge in [-0.25, -0.2) is 0 Å². The molecule has 0 aromatic heterocycles. The number of carbonyl (C=O) groups excluding carboxylic acids is 1. The van der Waals surface area contributed by atoms with Crippen LogP contribution in [0.3, 0.4) is 0 Å². The maximum atomic E-state index is 12.6. The fraction of sp³-hybridized carbons (Fsp3) is 0.333. The second-order valence-corrected chi connectivity index (χ2v) is 8.05. The summed E-state index contributed by atoms with van der Waals surface area (Å²) in [6.07, 6.45) is 0. The van der Waals surface area contributed by atoms with Crippen LogP contribution in [0.1, 0.15) is 40.6 Å². The zero-order chi connectivity index (χ0) is 17.8. The number of aliphatic imine (C=N–C) groups is 1. The third-order valence-electron chi connectivity index (χ3n) is 4.16. The summed E-state index contributed by atoms with van der Waals surface area (Å²) in [6, 6.07) is 18.1. The molecule has 3 rings (SSSR count). The van der Waals surface area contributed by atoms with Crippen LogP contribution in [0, 0.1) is 12.8 Å². The average molecular weight is 353 g/mol. The van der Waals surface area contributed by atoms with Crippen molar-refractivity contribution < 1.29 is 4.79 Å².